The number of nitrogens with zero attached hydrogens (tertiary/aromatic N) is 2. The molecule has 0 unspecified atom stereocenters. The number of anilines is 3. The molecule has 0 spiro atoms. The quantitative estimate of drug-likeness (QED) is 0.221. The molecule has 0 saturated carbocycles. The standard InChI is InChI=1S/C37H23BN2O/c1-2-12-26-24(10-1)29(20-21-32(26)40-33-16-5-7-18-35(33)41-36-19-8-6-17-34(36)40)38-28-13-4-3-11-25(28)27-22-23-39-31-15-9-14-30(38)37(27)31/h1-23H. The Hall–Kier alpha value is -5.35. The Balaban J connectivity index is 1.33. The highest BCUT2D eigenvalue weighted by Gasteiger charge is 2.34. The van der Waals surface area contributed by atoms with E-state index in [1.54, 1.807) is 0 Å². The predicted octanol–water partition coefficient (Wildman–Crippen LogP) is 7.46. The Morgan fingerprint density at radius 1 is 0.488 bits per heavy atom. The first-order valence-electron chi connectivity index (χ1n) is 14.0. The molecule has 0 bridgehead atoms. The van der Waals surface area contributed by atoms with Crippen LogP contribution in [-0.2, 0) is 0 Å². The van der Waals surface area contributed by atoms with Gasteiger partial charge in [-0.05, 0) is 59.0 Å². The SMILES string of the molecule is c1ccc2c(c1)Oc1ccccc1N2c1ccc(B2c3ccccc3-c3ccnc4cccc2c34)c2ccccc12. The molecule has 0 amide bonds. The minimum atomic E-state index is 0.0924. The van der Waals surface area contributed by atoms with Gasteiger partial charge in [0, 0.05) is 17.0 Å². The van der Waals surface area contributed by atoms with Crippen molar-refractivity contribution in [2.24, 2.45) is 0 Å². The fraction of sp³-hybridized carbons (Fsp3) is 0. The molecule has 3 heterocycles. The van der Waals surface area contributed by atoms with Crippen LogP contribution in [0.4, 0.5) is 17.1 Å². The minimum absolute atomic E-state index is 0.0924. The highest BCUT2D eigenvalue weighted by molar-refractivity contribution is 6.99. The van der Waals surface area contributed by atoms with Gasteiger partial charge < -0.3 is 9.64 Å². The molecule has 9 rings (SSSR count). The number of para-hydroxylation sites is 4. The summed E-state index contributed by atoms with van der Waals surface area (Å²) < 4.78 is 6.32. The molecule has 0 radical (unpaired) electrons. The van der Waals surface area contributed by atoms with E-state index in [1.165, 1.54) is 43.7 Å². The number of ether oxygens (including phenoxy) is 1. The van der Waals surface area contributed by atoms with Gasteiger partial charge in [0.2, 0.25) is 6.71 Å². The number of rotatable bonds is 2. The molecule has 41 heavy (non-hydrogen) atoms. The lowest BCUT2D eigenvalue weighted by molar-refractivity contribution is 0.477. The maximum atomic E-state index is 6.32. The van der Waals surface area contributed by atoms with Crippen LogP contribution < -0.4 is 26.0 Å². The molecule has 0 fully saturated rings. The number of benzene rings is 6. The van der Waals surface area contributed by atoms with Gasteiger partial charge in [0.05, 0.1) is 22.6 Å². The molecule has 2 aliphatic heterocycles. The van der Waals surface area contributed by atoms with Gasteiger partial charge in [-0.25, -0.2) is 0 Å². The topological polar surface area (TPSA) is 25.4 Å². The predicted molar refractivity (Wildman–Crippen MR) is 171 cm³/mol. The van der Waals surface area contributed by atoms with Crippen molar-refractivity contribution in [1.29, 1.82) is 0 Å². The zero-order valence-electron chi connectivity index (χ0n) is 22.2. The molecule has 7 aromatic rings. The van der Waals surface area contributed by atoms with Crippen molar-refractivity contribution in [1.82, 2.24) is 4.98 Å². The van der Waals surface area contributed by atoms with Crippen molar-refractivity contribution in [3.05, 3.63) is 140 Å². The lowest BCUT2D eigenvalue weighted by Crippen LogP contribution is -2.55. The summed E-state index contributed by atoms with van der Waals surface area (Å²) in [5.74, 6) is 1.72. The molecule has 6 aromatic carbocycles. The van der Waals surface area contributed by atoms with Crippen LogP contribution in [0, 0.1) is 0 Å². The van der Waals surface area contributed by atoms with Crippen LogP contribution >= 0.6 is 0 Å². The summed E-state index contributed by atoms with van der Waals surface area (Å²) in [5.41, 5.74) is 10.7. The van der Waals surface area contributed by atoms with Crippen LogP contribution in [0.25, 0.3) is 32.8 Å². The maximum Gasteiger partial charge on any atom is 0.243 e. The summed E-state index contributed by atoms with van der Waals surface area (Å²) in [5, 5.41) is 3.71. The lowest BCUT2D eigenvalue weighted by Gasteiger charge is -2.34. The molecule has 190 valence electrons. The van der Waals surface area contributed by atoms with Gasteiger partial charge in [-0.1, -0.05) is 107 Å². The fourth-order valence-electron chi connectivity index (χ4n) is 6.91. The molecule has 4 heteroatoms. The van der Waals surface area contributed by atoms with E-state index in [2.05, 4.69) is 114 Å². The molecular formula is C37H23BN2O. The van der Waals surface area contributed by atoms with Crippen molar-refractivity contribution < 1.29 is 4.74 Å². The van der Waals surface area contributed by atoms with E-state index < -0.39 is 0 Å². The van der Waals surface area contributed by atoms with E-state index >= 15 is 0 Å². The Labute approximate surface area is 238 Å². The van der Waals surface area contributed by atoms with Crippen molar-refractivity contribution >= 4 is 61.8 Å². The van der Waals surface area contributed by atoms with Gasteiger partial charge >= 0.3 is 0 Å². The fourth-order valence-corrected chi connectivity index (χ4v) is 6.91. The third-order valence-corrected chi connectivity index (χ3v) is 8.59. The first-order chi connectivity index (χ1) is 20.4. The number of hydrogen-bond donors (Lipinski definition) is 0. The Bertz CT molecular complexity index is 2120. The molecular weight excluding hydrogens is 499 g/mol. The van der Waals surface area contributed by atoms with Crippen molar-refractivity contribution in [2.75, 3.05) is 4.90 Å². The second-order valence-electron chi connectivity index (χ2n) is 10.7. The number of pyridine rings is 1. The summed E-state index contributed by atoms with van der Waals surface area (Å²) in [6.45, 7) is 0.0924. The summed E-state index contributed by atoms with van der Waals surface area (Å²) in [6, 6.07) is 47.6. The summed E-state index contributed by atoms with van der Waals surface area (Å²) in [4.78, 5) is 7.09. The summed E-state index contributed by atoms with van der Waals surface area (Å²) >= 11 is 0. The average Bonchev–Trinajstić information content (AvgIpc) is 3.04. The first-order valence-corrected chi connectivity index (χ1v) is 14.0. The molecule has 3 nitrogen and oxygen atoms in total. The Morgan fingerprint density at radius 3 is 2.00 bits per heavy atom. The second kappa shape index (κ2) is 8.58. The molecule has 0 atom stereocenters. The second-order valence-corrected chi connectivity index (χ2v) is 10.7. The van der Waals surface area contributed by atoms with Crippen LogP contribution in [0.3, 0.4) is 0 Å². The van der Waals surface area contributed by atoms with E-state index in [0.717, 1.165) is 34.1 Å². The van der Waals surface area contributed by atoms with E-state index in [4.69, 9.17) is 9.72 Å². The van der Waals surface area contributed by atoms with Gasteiger partial charge in [-0.2, -0.15) is 0 Å². The number of hydrogen-bond acceptors (Lipinski definition) is 3. The minimum Gasteiger partial charge on any atom is -0.453 e. The largest absolute Gasteiger partial charge is 0.453 e. The van der Waals surface area contributed by atoms with Gasteiger partial charge in [-0.3, -0.25) is 4.98 Å². The average molecular weight is 522 g/mol. The van der Waals surface area contributed by atoms with Crippen molar-refractivity contribution in [2.45, 2.75) is 0 Å². The van der Waals surface area contributed by atoms with Crippen LogP contribution in [-0.4, -0.2) is 11.7 Å². The highest BCUT2D eigenvalue weighted by atomic mass is 16.5. The molecule has 0 N–H and O–H groups in total. The lowest BCUT2D eigenvalue weighted by atomic mass is 9.33. The summed E-state index contributed by atoms with van der Waals surface area (Å²) in [6.07, 6.45) is 1.93. The number of aromatic nitrogens is 1. The van der Waals surface area contributed by atoms with Crippen molar-refractivity contribution in [3.8, 4) is 22.6 Å². The van der Waals surface area contributed by atoms with Crippen LogP contribution in [0.2, 0.25) is 0 Å². The van der Waals surface area contributed by atoms with Crippen LogP contribution in [0.5, 0.6) is 11.5 Å². The molecule has 2 aliphatic rings. The highest BCUT2D eigenvalue weighted by Crippen LogP contribution is 2.51. The van der Waals surface area contributed by atoms with E-state index in [-0.39, 0.29) is 6.71 Å². The Morgan fingerprint density at radius 2 is 1.17 bits per heavy atom. The third kappa shape index (κ3) is 3.19. The van der Waals surface area contributed by atoms with Gasteiger partial charge in [-0.15, -0.1) is 0 Å². The smallest absolute Gasteiger partial charge is 0.243 e. The maximum absolute atomic E-state index is 6.32. The van der Waals surface area contributed by atoms with Gasteiger partial charge in [0.15, 0.2) is 11.5 Å². The first kappa shape index (κ1) is 22.5. The number of fused-ring (bicyclic) bond motifs is 5. The Kier molecular flexibility index (Phi) is 4.70. The molecule has 0 saturated heterocycles. The summed E-state index contributed by atoms with van der Waals surface area (Å²) in [7, 11) is 0. The zero-order valence-corrected chi connectivity index (χ0v) is 22.2. The van der Waals surface area contributed by atoms with Gasteiger partial charge in [0.25, 0.3) is 0 Å². The third-order valence-electron chi connectivity index (χ3n) is 8.59. The van der Waals surface area contributed by atoms with E-state index in [0.29, 0.717) is 0 Å². The van der Waals surface area contributed by atoms with Crippen LogP contribution in [0.15, 0.2) is 140 Å². The normalized spacial score (nSPS) is 13.0. The van der Waals surface area contributed by atoms with Crippen molar-refractivity contribution in [3.63, 3.8) is 0 Å². The van der Waals surface area contributed by atoms with Crippen LogP contribution in [0.1, 0.15) is 0 Å². The molecule has 0 aliphatic carbocycles. The van der Waals surface area contributed by atoms with E-state index in [1.807, 2.05) is 30.5 Å². The monoisotopic (exact) mass is 522 g/mol. The van der Waals surface area contributed by atoms with E-state index in [9.17, 15) is 0 Å². The molecule has 1 aromatic heterocycles. The zero-order chi connectivity index (χ0) is 26.9. The van der Waals surface area contributed by atoms with Gasteiger partial charge in [0.1, 0.15) is 0 Å².